The third kappa shape index (κ3) is 4.73. The van der Waals surface area contributed by atoms with Gasteiger partial charge in [-0.1, -0.05) is 30.3 Å². The third-order valence-corrected chi connectivity index (χ3v) is 4.35. The summed E-state index contributed by atoms with van der Waals surface area (Å²) in [5.41, 5.74) is 0.106. The minimum atomic E-state index is -1.28. The number of anilines is 1. The first kappa shape index (κ1) is 21.1. The fourth-order valence-corrected chi connectivity index (χ4v) is 2.54. The molecule has 0 aromatic heterocycles. The van der Waals surface area contributed by atoms with Crippen LogP contribution in [0.15, 0.2) is 42.5 Å². The SMILES string of the molecule is COc1cc(NC(=O)C(C)(C)C(=O)NCc2ccccc2)cc(OC)c1OC. The highest BCUT2D eigenvalue weighted by atomic mass is 16.5. The molecule has 0 atom stereocenters. The Bertz CT molecular complexity index is 809. The molecule has 0 saturated carbocycles. The molecule has 0 bridgehead atoms. The van der Waals surface area contributed by atoms with E-state index in [1.165, 1.54) is 21.3 Å². The normalized spacial score (nSPS) is 10.8. The molecule has 0 unspecified atom stereocenters. The number of carbonyl (C=O) groups excluding carboxylic acids is 2. The van der Waals surface area contributed by atoms with E-state index in [0.29, 0.717) is 29.5 Å². The molecular formula is C21H26N2O5. The molecule has 2 N–H and O–H groups in total. The lowest BCUT2D eigenvalue weighted by Crippen LogP contribution is -2.44. The maximum atomic E-state index is 12.8. The number of benzene rings is 2. The zero-order chi connectivity index (χ0) is 20.7. The van der Waals surface area contributed by atoms with Gasteiger partial charge in [0.25, 0.3) is 0 Å². The Morgan fingerprint density at radius 3 is 1.96 bits per heavy atom. The fraction of sp³-hybridized carbons (Fsp3) is 0.333. The van der Waals surface area contributed by atoms with Crippen LogP contribution in [-0.4, -0.2) is 33.1 Å². The molecule has 2 rings (SSSR count). The van der Waals surface area contributed by atoms with Gasteiger partial charge < -0.3 is 24.8 Å². The molecule has 0 saturated heterocycles. The summed E-state index contributed by atoms with van der Waals surface area (Å²) < 4.78 is 15.8. The number of amides is 2. The van der Waals surface area contributed by atoms with Gasteiger partial charge in [-0.25, -0.2) is 0 Å². The summed E-state index contributed by atoms with van der Waals surface area (Å²) in [7, 11) is 4.48. The van der Waals surface area contributed by atoms with Crippen LogP contribution in [0.1, 0.15) is 19.4 Å². The number of hydrogen-bond donors (Lipinski definition) is 2. The molecule has 0 heterocycles. The van der Waals surface area contributed by atoms with E-state index < -0.39 is 11.3 Å². The van der Waals surface area contributed by atoms with E-state index in [1.54, 1.807) is 26.0 Å². The first-order valence-corrected chi connectivity index (χ1v) is 8.77. The second-order valence-corrected chi connectivity index (χ2v) is 6.66. The van der Waals surface area contributed by atoms with Crippen LogP contribution >= 0.6 is 0 Å². The minimum Gasteiger partial charge on any atom is -0.493 e. The molecule has 0 spiro atoms. The molecule has 2 aromatic carbocycles. The van der Waals surface area contributed by atoms with Crippen LogP contribution in [0.5, 0.6) is 17.2 Å². The predicted octanol–water partition coefficient (Wildman–Crippen LogP) is 2.99. The molecule has 2 amide bonds. The van der Waals surface area contributed by atoms with Crippen molar-refractivity contribution in [3.8, 4) is 17.2 Å². The van der Waals surface area contributed by atoms with E-state index in [-0.39, 0.29) is 5.91 Å². The predicted molar refractivity (Wildman–Crippen MR) is 107 cm³/mol. The Kier molecular flexibility index (Phi) is 6.87. The van der Waals surface area contributed by atoms with Gasteiger partial charge in [-0.05, 0) is 19.4 Å². The van der Waals surface area contributed by atoms with Gasteiger partial charge in [0.05, 0.1) is 21.3 Å². The first-order chi connectivity index (χ1) is 13.3. The second-order valence-electron chi connectivity index (χ2n) is 6.66. The van der Waals surface area contributed by atoms with E-state index in [9.17, 15) is 9.59 Å². The van der Waals surface area contributed by atoms with E-state index in [0.717, 1.165) is 5.56 Å². The van der Waals surface area contributed by atoms with Crippen molar-refractivity contribution in [3.63, 3.8) is 0 Å². The lowest BCUT2D eigenvalue weighted by atomic mass is 9.90. The quantitative estimate of drug-likeness (QED) is 0.681. The number of rotatable bonds is 8. The Balaban J connectivity index is 2.12. The van der Waals surface area contributed by atoms with Crippen molar-refractivity contribution in [2.45, 2.75) is 20.4 Å². The molecule has 0 aliphatic heterocycles. The number of nitrogens with one attached hydrogen (secondary N) is 2. The molecular weight excluding hydrogens is 360 g/mol. The van der Waals surface area contributed by atoms with Gasteiger partial charge in [0, 0.05) is 24.4 Å². The maximum Gasteiger partial charge on any atom is 0.239 e. The standard InChI is InChI=1S/C21H26N2O5/c1-21(2,19(24)22-13-14-9-7-6-8-10-14)20(25)23-15-11-16(26-3)18(28-5)17(12-15)27-4/h6-12H,13H2,1-5H3,(H,22,24)(H,23,25). The number of hydrogen-bond acceptors (Lipinski definition) is 5. The Labute approximate surface area is 165 Å². The molecule has 7 heteroatoms. The van der Waals surface area contributed by atoms with Crippen LogP contribution in [0.25, 0.3) is 0 Å². The topological polar surface area (TPSA) is 85.9 Å². The summed E-state index contributed by atoms with van der Waals surface area (Å²) in [4.78, 5) is 25.3. The van der Waals surface area contributed by atoms with Crippen LogP contribution in [-0.2, 0) is 16.1 Å². The molecule has 0 aliphatic carbocycles. The second kappa shape index (κ2) is 9.12. The van der Waals surface area contributed by atoms with Crippen molar-refractivity contribution >= 4 is 17.5 Å². The van der Waals surface area contributed by atoms with Crippen molar-refractivity contribution in [1.82, 2.24) is 5.32 Å². The van der Waals surface area contributed by atoms with Gasteiger partial charge in [0.2, 0.25) is 17.6 Å². The van der Waals surface area contributed by atoms with Gasteiger partial charge in [0.15, 0.2) is 11.5 Å². The van der Waals surface area contributed by atoms with Crippen molar-refractivity contribution < 1.29 is 23.8 Å². The molecule has 150 valence electrons. The molecule has 2 aromatic rings. The van der Waals surface area contributed by atoms with E-state index >= 15 is 0 Å². The average molecular weight is 386 g/mol. The lowest BCUT2D eigenvalue weighted by Gasteiger charge is -2.23. The van der Waals surface area contributed by atoms with E-state index in [2.05, 4.69) is 10.6 Å². The van der Waals surface area contributed by atoms with E-state index in [4.69, 9.17) is 14.2 Å². The number of carbonyl (C=O) groups is 2. The van der Waals surface area contributed by atoms with Crippen molar-refractivity contribution in [1.29, 1.82) is 0 Å². The zero-order valence-corrected chi connectivity index (χ0v) is 16.8. The highest BCUT2D eigenvalue weighted by molar-refractivity contribution is 6.10. The fourth-order valence-electron chi connectivity index (χ4n) is 2.54. The van der Waals surface area contributed by atoms with Crippen LogP contribution < -0.4 is 24.8 Å². The van der Waals surface area contributed by atoms with Crippen LogP contribution in [0.4, 0.5) is 5.69 Å². The summed E-state index contributed by atoms with van der Waals surface area (Å²) in [6, 6.07) is 12.7. The van der Waals surface area contributed by atoms with Crippen molar-refractivity contribution in [2.75, 3.05) is 26.6 Å². The van der Waals surface area contributed by atoms with Gasteiger partial charge in [-0.3, -0.25) is 9.59 Å². The van der Waals surface area contributed by atoms with Crippen molar-refractivity contribution in [2.24, 2.45) is 5.41 Å². The largest absolute Gasteiger partial charge is 0.493 e. The van der Waals surface area contributed by atoms with Gasteiger partial charge in [-0.2, -0.15) is 0 Å². The highest BCUT2D eigenvalue weighted by Crippen LogP contribution is 2.40. The van der Waals surface area contributed by atoms with Crippen LogP contribution in [0.3, 0.4) is 0 Å². The van der Waals surface area contributed by atoms with Gasteiger partial charge in [0.1, 0.15) is 5.41 Å². The number of methoxy groups -OCH3 is 3. The molecule has 0 fully saturated rings. The highest BCUT2D eigenvalue weighted by Gasteiger charge is 2.36. The molecule has 28 heavy (non-hydrogen) atoms. The van der Waals surface area contributed by atoms with Crippen LogP contribution in [0, 0.1) is 5.41 Å². The Morgan fingerprint density at radius 2 is 1.46 bits per heavy atom. The third-order valence-electron chi connectivity index (χ3n) is 4.35. The minimum absolute atomic E-state index is 0.348. The molecule has 0 aliphatic rings. The summed E-state index contributed by atoms with van der Waals surface area (Å²) in [5.74, 6) is 0.406. The molecule has 7 nitrogen and oxygen atoms in total. The van der Waals surface area contributed by atoms with E-state index in [1.807, 2.05) is 30.3 Å². The van der Waals surface area contributed by atoms with Crippen LogP contribution in [0.2, 0.25) is 0 Å². The van der Waals surface area contributed by atoms with Gasteiger partial charge in [-0.15, -0.1) is 0 Å². The monoisotopic (exact) mass is 386 g/mol. The summed E-state index contributed by atoms with van der Waals surface area (Å²) in [6.45, 7) is 3.49. The first-order valence-electron chi connectivity index (χ1n) is 8.77. The lowest BCUT2D eigenvalue weighted by molar-refractivity contribution is -0.138. The number of ether oxygens (including phenoxy) is 3. The smallest absolute Gasteiger partial charge is 0.239 e. The maximum absolute atomic E-state index is 12.8. The Hall–Kier alpha value is -3.22. The summed E-state index contributed by atoms with van der Waals surface area (Å²) in [5, 5.41) is 5.55. The average Bonchev–Trinajstić information content (AvgIpc) is 2.71. The summed E-state index contributed by atoms with van der Waals surface area (Å²) >= 11 is 0. The zero-order valence-electron chi connectivity index (χ0n) is 16.8. The molecule has 0 radical (unpaired) electrons. The van der Waals surface area contributed by atoms with Crippen molar-refractivity contribution in [3.05, 3.63) is 48.0 Å². The Morgan fingerprint density at radius 1 is 0.893 bits per heavy atom. The van der Waals surface area contributed by atoms with Gasteiger partial charge >= 0.3 is 0 Å². The summed E-state index contributed by atoms with van der Waals surface area (Å²) in [6.07, 6.45) is 0.